The Morgan fingerprint density at radius 2 is 1.89 bits per heavy atom. The highest BCUT2D eigenvalue weighted by Gasteiger charge is 2.33. The number of aromatic nitrogens is 5. The lowest BCUT2D eigenvalue weighted by Gasteiger charge is -2.40. The van der Waals surface area contributed by atoms with E-state index in [2.05, 4.69) is 25.5 Å². The summed E-state index contributed by atoms with van der Waals surface area (Å²) >= 11 is 0. The molecule has 0 aliphatic carbocycles. The van der Waals surface area contributed by atoms with Crippen molar-refractivity contribution in [1.29, 1.82) is 0 Å². The van der Waals surface area contributed by atoms with Crippen molar-refractivity contribution in [2.24, 2.45) is 0 Å². The number of halogens is 1. The molecule has 2 atom stereocenters. The third kappa shape index (κ3) is 3.55. The third-order valence-corrected chi connectivity index (χ3v) is 4.95. The highest BCUT2D eigenvalue weighted by Crippen LogP contribution is 2.24. The Morgan fingerprint density at radius 3 is 2.64 bits per heavy atom. The number of para-hydroxylation sites is 1. The number of benzene rings is 1. The van der Waals surface area contributed by atoms with Crippen molar-refractivity contribution in [3.8, 4) is 5.69 Å². The predicted octanol–water partition coefficient (Wildman–Crippen LogP) is 2.30. The second kappa shape index (κ2) is 7.71. The van der Waals surface area contributed by atoms with Gasteiger partial charge in [0, 0.05) is 18.6 Å². The zero-order valence-electron chi connectivity index (χ0n) is 15.4. The van der Waals surface area contributed by atoms with Crippen LogP contribution in [0.4, 0.5) is 10.3 Å². The Balaban J connectivity index is 1.56. The highest BCUT2D eigenvalue weighted by molar-refractivity contribution is 5.98. The van der Waals surface area contributed by atoms with Crippen LogP contribution in [-0.2, 0) is 0 Å². The van der Waals surface area contributed by atoms with Gasteiger partial charge < -0.3 is 10.2 Å². The van der Waals surface area contributed by atoms with E-state index in [0.29, 0.717) is 23.7 Å². The Hall–Kier alpha value is -3.36. The van der Waals surface area contributed by atoms with Crippen LogP contribution in [0.15, 0.2) is 49.1 Å². The van der Waals surface area contributed by atoms with Crippen LogP contribution in [0.5, 0.6) is 0 Å². The fourth-order valence-electron chi connectivity index (χ4n) is 3.50. The minimum Gasteiger partial charge on any atom is -0.349 e. The molecule has 1 amide bonds. The van der Waals surface area contributed by atoms with Gasteiger partial charge in [-0.1, -0.05) is 12.1 Å². The number of likely N-dealkylation sites (tertiary alicyclic amines) is 1. The SMILES string of the molecule is C[C@H]1[C@H](Nc2ncc(F)cn2)CCCN1C(=O)c1ccccc1-n1nccn1. The van der Waals surface area contributed by atoms with Gasteiger partial charge in [0.05, 0.1) is 36.0 Å². The van der Waals surface area contributed by atoms with Crippen molar-refractivity contribution in [3.05, 3.63) is 60.4 Å². The van der Waals surface area contributed by atoms with Gasteiger partial charge in [-0.25, -0.2) is 14.4 Å². The molecule has 0 radical (unpaired) electrons. The summed E-state index contributed by atoms with van der Waals surface area (Å²) in [5.74, 6) is -0.205. The molecule has 0 spiro atoms. The molecule has 9 heteroatoms. The quantitative estimate of drug-likeness (QED) is 0.746. The van der Waals surface area contributed by atoms with Gasteiger partial charge in [0.15, 0.2) is 5.82 Å². The number of carbonyl (C=O) groups excluding carboxylic acids is 1. The number of hydrogen-bond donors (Lipinski definition) is 1. The van der Waals surface area contributed by atoms with E-state index < -0.39 is 5.82 Å². The van der Waals surface area contributed by atoms with Crippen molar-refractivity contribution < 1.29 is 9.18 Å². The van der Waals surface area contributed by atoms with Crippen molar-refractivity contribution in [2.75, 3.05) is 11.9 Å². The van der Waals surface area contributed by atoms with Crippen LogP contribution in [0, 0.1) is 5.82 Å². The summed E-state index contributed by atoms with van der Waals surface area (Å²) in [5.41, 5.74) is 1.19. The van der Waals surface area contributed by atoms with E-state index in [1.54, 1.807) is 18.5 Å². The Kier molecular flexibility index (Phi) is 4.96. The summed E-state index contributed by atoms with van der Waals surface area (Å²) in [6.07, 6.45) is 7.12. The number of carbonyl (C=O) groups is 1. The largest absolute Gasteiger partial charge is 0.349 e. The first-order valence-corrected chi connectivity index (χ1v) is 9.14. The van der Waals surface area contributed by atoms with Gasteiger partial charge >= 0.3 is 0 Å². The minimum absolute atomic E-state index is 0.0295. The van der Waals surface area contributed by atoms with Crippen LogP contribution >= 0.6 is 0 Å². The maximum atomic E-state index is 13.3. The molecule has 8 nitrogen and oxygen atoms in total. The van der Waals surface area contributed by atoms with Crippen molar-refractivity contribution in [1.82, 2.24) is 29.9 Å². The standard InChI is InChI=1S/C19H20FN7O/c1-13-16(25-19-21-11-14(20)12-22-19)6-4-10-26(13)18(28)15-5-2-3-7-17(15)27-23-8-9-24-27/h2-3,5,7-9,11-13,16H,4,6,10H2,1H3,(H,21,22,25)/t13-,16+/m0/s1. The summed E-state index contributed by atoms with van der Waals surface area (Å²) in [5, 5.41) is 11.5. The summed E-state index contributed by atoms with van der Waals surface area (Å²) in [7, 11) is 0. The average molecular weight is 381 g/mol. The average Bonchev–Trinajstić information content (AvgIpc) is 3.25. The monoisotopic (exact) mass is 381 g/mol. The number of piperidine rings is 1. The first-order valence-electron chi connectivity index (χ1n) is 9.14. The van der Waals surface area contributed by atoms with Crippen LogP contribution in [0.3, 0.4) is 0 Å². The van der Waals surface area contributed by atoms with Crippen molar-refractivity contribution >= 4 is 11.9 Å². The summed E-state index contributed by atoms with van der Waals surface area (Å²) in [4.78, 5) is 24.5. The van der Waals surface area contributed by atoms with E-state index in [9.17, 15) is 9.18 Å². The molecule has 1 aliphatic rings. The molecule has 144 valence electrons. The smallest absolute Gasteiger partial charge is 0.256 e. The number of nitrogens with zero attached hydrogens (tertiary/aromatic N) is 6. The fraction of sp³-hybridized carbons (Fsp3) is 0.316. The molecule has 1 fully saturated rings. The van der Waals surface area contributed by atoms with E-state index in [4.69, 9.17) is 0 Å². The summed E-state index contributed by atoms with van der Waals surface area (Å²) in [6, 6.07) is 7.17. The lowest BCUT2D eigenvalue weighted by atomic mass is 9.96. The van der Waals surface area contributed by atoms with Crippen LogP contribution in [0.1, 0.15) is 30.1 Å². The second-order valence-corrected chi connectivity index (χ2v) is 6.69. The molecule has 3 aromatic rings. The fourth-order valence-corrected chi connectivity index (χ4v) is 3.50. The molecule has 4 rings (SSSR count). The van der Waals surface area contributed by atoms with Gasteiger partial charge in [-0.2, -0.15) is 15.0 Å². The van der Waals surface area contributed by atoms with Gasteiger partial charge in [0.1, 0.15) is 0 Å². The molecular formula is C19H20FN7O. The Labute approximate surface area is 161 Å². The van der Waals surface area contributed by atoms with Gasteiger partial charge in [-0.05, 0) is 31.9 Å². The third-order valence-electron chi connectivity index (χ3n) is 4.95. The molecule has 2 aromatic heterocycles. The highest BCUT2D eigenvalue weighted by atomic mass is 19.1. The maximum absolute atomic E-state index is 13.3. The molecule has 1 aliphatic heterocycles. The molecule has 1 aromatic carbocycles. The number of anilines is 1. The molecule has 1 N–H and O–H groups in total. The Bertz CT molecular complexity index is 945. The van der Waals surface area contributed by atoms with Crippen LogP contribution in [0.2, 0.25) is 0 Å². The van der Waals surface area contributed by atoms with Crippen LogP contribution in [0.25, 0.3) is 5.69 Å². The van der Waals surface area contributed by atoms with Gasteiger partial charge in [-0.3, -0.25) is 4.79 Å². The molecule has 3 heterocycles. The lowest BCUT2D eigenvalue weighted by Crippen LogP contribution is -2.52. The van der Waals surface area contributed by atoms with Gasteiger partial charge in [-0.15, -0.1) is 0 Å². The number of amides is 1. The summed E-state index contributed by atoms with van der Waals surface area (Å²) < 4.78 is 13.0. The van der Waals surface area contributed by atoms with E-state index in [1.165, 1.54) is 4.80 Å². The van der Waals surface area contributed by atoms with E-state index >= 15 is 0 Å². The normalized spacial score (nSPS) is 19.4. The van der Waals surface area contributed by atoms with E-state index in [1.807, 2.05) is 30.0 Å². The van der Waals surface area contributed by atoms with Gasteiger partial charge in [0.25, 0.3) is 5.91 Å². The first kappa shape index (κ1) is 18.0. The number of rotatable bonds is 4. The molecule has 0 bridgehead atoms. The van der Waals surface area contributed by atoms with Gasteiger partial charge in [0.2, 0.25) is 5.95 Å². The minimum atomic E-state index is -0.483. The zero-order valence-corrected chi connectivity index (χ0v) is 15.4. The second-order valence-electron chi connectivity index (χ2n) is 6.69. The molecule has 28 heavy (non-hydrogen) atoms. The molecule has 0 unspecified atom stereocenters. The lowest BCUT2D eigenvalue weighted by molar-refractivity contribution is 0.0616. The zero-order chi connectivity index (χ0) is 19.5. The number of hydrogen-bond acceptors (Lipinski definition) is 6. The van der Waals surface area contributed by atoms with Crippen LogP contribution in [-0.4, -0.2) is 54.4 Å². The Morgan fingerprint density at radius 1 is 1.18 bits per heavy atom. The van der Waals surface area contributed by atoms with E-state index in [-0.39, 0.29) is 18.0 Å². The molecular weight excluding hydrogens is 361 g/mol. The van der Waals surface area contributed by atoms with E-state index in [0.717, 1.165) is 25.2 Å². The van der Waals surface area contributed by atoms with Crippen molar-refractivity contribution in [3.63, 3.8) is 0 Å². The first-order chi connectivity index (χ1) is 13.6. The predicted molar refractivity (Wildman–Crippen MR) is 100 cm³/mol. The van der Waals surface area contributed by atoms with Crippen LogP contribution < -0.4 is 5.32 Å². The summed E-state index contributed by atoms with van der Waals surface area (Å²) in [6.45, 7) is 2.65. The number of nitrogens with one attached hydrogen (secondary N) is 1. The topological polar surface area (TPSA) is 88.8 Å². The molecule has 0 saturated carbocycles. The van der Waals surface area contributed by atoms with Crippen molar-refractivity contribution in [2.45, 2.75) is 31.8 Å². The maximum Gasteiger partial charge on any atom is 0.256 e. The molecule has 1 saturated heterocycles.